The minimum absolute atomic E-state index is 0.0967. The minimum atomic E-state index is -0.883. The number of benzene rings is 2. The van der Waals surface area contributed by atoms with Crippen molar-refractivity contribution >= 4 is 12.0 Å². The summed E-state index contributed by atoms with van der Waals surface area (Å²) in [6.07, 6.45) is 1.02. The van der Waals surface area contributed by atoms with Crippen LogP contribution in [0.3, 0.4) is 0 Å². The zero-order valence-corrected chi connectivity index (χ0v) is 19.4. The predicted octanol–water partition coefficient (Wildman–Crippen LogP) is 3.70. The first kappa shape index (κ1) is 23.3. The highest BCUT2D eigenvalue weighted by Gasteiger charge is 2.39. The highest BCUT2D eigenvalue weighted by atomic mass is 16.6. The number of nitrogens with two attached hydrogens (primary N) is 1. The topological polar surface area (TPSA) is 75.9 Å². The van der Waals surface area contributed by atoms with Gasteiger partial charge in [0.1, 0.15) is 0 Å². The van der Waals surface area contributed by atoms with Gasteiger partial charge in [-0.15, -0.1) is 0 Å². The molecule has 2 aromatic carbocycles. The second-order valence-corrected chi connectivity index (χ2v) is 9.75. The summed E-state index contributed by atoms with van der Waals surface area (Å²) >= 11 is 0. The van der Waals surface area contributed by atoms with Crippen molar-refractivity contribution in [3.63, 3.8) is 0 Å². The second kappa shape index (κ2) is 10.8. The van der Waals surface area contributed by atoms with Crippen molar-refractivity contribution in [2.24, 2.45) is 23.5 Å². The zero-order valence-electron chi connectivity index (χ0n) is 19.4. The van der Waals surface area contributed by atoms with Crippen LogP contribution in [0, 0.1) is 17.8 Å². The fourth-order valence-electron chi connectivity index (χ4n) is 5.44. The normalized spacial score (nSPS) is 22.4. The van der Waals surface area contributed by atoms with E-state index in [1.54, 1.807) is 0 Å². The van der Waals surface area contributed by atoms with Gasteiger partial charge in [-0.25, -0.2) is 4.79 Å². The molecule has 0 radical (unpaired) electrons. The van der Waals surface area contributed by atoms with Crippen LogP contribution in [0.15, 0.2) is 60.7 Å². The van der Waals surface area contributed by atoms with Gasteiger partial charge in [0.15, 0.2) is 6.10 Å². The molecule has 2 amide bonds. The first-order valence-electron chi connectivity index (χ1n) is 12.0. The molecule has 4 rings (SSSR count). The van der Waals surface area contributed by atoms with Gasteiger partial charge in [-0.2, -0.15) is 0 Å². The molecule has 33 heavy (non-hydrogen) atoms. The summed E-state index contributed by atoms with van der Waals surface area (Å²) in [7, 11) is 0. The molecule has 6 heteroatoms. The van der Waals surface area contributed by atoms with Crippen molar-refractivity contribution in [3.8, 4) is 0 Å². The molecule has 2 N–H and O–H groups in total. The lowest BCUT2D eigenvalue weighted by atomic mass is 9.83. The van der Waals surface area contributed by atoms with Crippen molar-refractivity contribution < 1.29 is 14.3 Å². The number of amides is 2. The smallest absolute Gasteiger partial charge is 0.405 e. The van der Waals surface area contributed by atoms with Crippen LogP contribution < -0.4 is 5.73 Å². The molecule has 0 saturated carbocycles. The van der Waals surface area contributed by atoms with E-state index < -0.39 is 12.2 Å². The molecule has 0 aliphatic carbocycles. The Labute approximate surface area is 196 Å². The van der Waals surface area contributed by atoms with Gasteiger partial charge in [0, 0.05) is 38.6 Å². The van der Waals surface area contributed by atoms with Crippen molar-refractivity contribution in [2.75, 3.05) is 26.2 Å². The standard InChI is InChI=1S/C27H35N3O3/c1-20(12-13-21-8-4-2-5-9-21)25(33-27(28)32)26(31)30-18-23-14-24(19-30)17-29(16-23)15-22-10-6-3-7-11-22/h2-11,20,23-25H,12-19H2,1H3,(H2,28,32)/t20?,23?,24?,25-/m0/s1. The molecule has 0 spiro atoms. The maximum Gasteiger partial charge on any atom is 0.405 e. The van der Waals surface area contributed by atoms with Crippen LogP contribution in [0.1, 0.15) is 30.9 Å². The van der Waals surface area contributed by atoms with Crippen LogP contribution in [0.25, 0.3) is 0 Å². The lowest BCUT2D eigenvalue weighted by Crippen LogP contribution is -2.56. The molecule has 0 aromatic heterocycles. The van der Waals surface area contributed by atoms with Gasteiger partial charge >= 0.3 is 6.09 Å². The summed E-state index contributed by atoms with van der Waals surface area (Å²) in [6.45, 7) is 6.32. The number of carbonyl (C=O) groups excluding carboxylic acids is 2. The number of ether oxygens (including phenoxy) is 1. The van der Waals surface area contributed by atoms with Crippen LogP contribution in [-0.4, -0.2) is 54.1 Å². The molecule has 3 unspecified atom stereocenters. The zero-order chi connectivity index (χ0) is 23.2. The summed E-state index contributed by atoms with van der Waals surface area (Å²) in [4.78, 5) is 29.5. The molecule has 6 nitrogen and oxygen atoms in total. The Morgan fingerprint density at radius 3 is 2.09 bits per heavy atom. The molecular formula is C27H35N3O3. The number of hydrogen-bond donors (Lipinski definition) is 1. The van der Waals surface area contributed by atoms with Crippen molar-refractivity contribution in [2.45, 2.75) is 38.8 Å². The fourth-order valence-corrected chi connectivity index (χ4v) is 5.44. The average Bonchev–Trinajstić information content (AvgIpc) is 2.81. The van der Waals surface area contributed by atoms with Crippen LogP contribution >= 0.6 is 0 Å². The number of primary amides is 1. The Bertz CT molecular complexity index is 907. The molecule has 4 atom stereocenters. The second-order valence-electron chi connectivity index (χ2n) is 9.75. The van der Waals surface area contributed by atoms with Gasteiger partial charge in [0.2, 0.25) is 0 Å². The molecule has 2 saturated heterocycles. The van der Waals surface area contributed by atoms with Gasteiger partial charge in [0.05, 0.1) is 0 Å². The molecule has 2 fully saturated rings. The first-order valence-corrected chi connectivity index (χ1v) is 12.0. The van der Waals surface area contributed by atoms with Crippen molar-refractivity contribution in [3.05, 3.63) is 71.8 Å². The average molecular weight is 450 g/mol. The Morgan fingerprint density at radius 1 is 0.939 bits per heavy atom. The maximum absolute atomic E-state index is 13.5. The van der Waals surface area contributed by atoms with Crippen molar-refractivity contribution in [1.29, 1.82) is 0 Å². The number of likely N-dealkylation sites (tertiary alicyclic amines) is 2. The van der Waals surface area contributed by atoms with Gasteiger partial charge in [0.25, 0.3) is 5.91 Å². The van der Waals surface area contributed by atoms with Gasteiger partial charge < -0.3 is 15.4 Å². The lowest BCUT2D eigenvalue weighted by molar-refractivity contribution is -0.147. The number of hydrogen-bond acceptors (Lipinski definition) is 4. The number of carbonyl (C=O) groups is 2. The van der Waals surface area contributed by atoms with E-state index in [0.29, 0.717) is 24.9 Å². The summed E-state index contributed by atoms with van der Waals surface area (Å²) in [6, 6.07) is 20.7. The summed E-state index contributed by atoms with van der Waals surface area (Å²) in [5, 5.41) is 0. The SMILES string of the molecule is CC(CCc1ccccc1)[C@H](OC(N)=O)C(=O)N1CC2CC(CN(Cc3ccccc3)C2)C1. The Hall–Kier alpha value is -2.86. The van der Waals surface area contributed by atoms with E-state index in [1.165, 1.54) is 11.1 Å². The number of aryl methyl sites for hydroxylation is 1. The quantitative estimate of drug-likeness (QED) is 0.667. The number of rotatable bonds is 8. The number of piperidine rings is 2. The van der Waals surface area contributed by atoms with Crippen LogP contribution in [0.4, 0.5) is 4.79 Å². The van der Waals surface area contributed by atoms with Gasteiger partial charge in [-0.1, -0.05) is 67.6 Å². The molecule has 2 bridgehead atoms. The van der Waals surface area contributed by atoms with E-state index in [2.05, 4.69) is 41.3 Å². The van der Waals surface area contributed by atoms with E-state index in [9.17, 15) is 9.59 Å². The highest BCUT2D eigenvalue weighted by molar-refractivity contribution is 5.83. The minimum Gasteiger partial charge on any atom is -0.436 e. The molecule has 2 aliphatic rings. The van der Waals surface area contributed by atoms with Crippen LogP contribution in [0.5, 0.6) is 0 Å². The lowest BCUT2D eigenvalue weighted by Gasteiger charge is -2.46. The molecule has 2 aliphatic heterocycles. The van der Waals surface area contributed by atoms with Crippen molar-refractivity contribution in [1.82, 2.24) is 9.80 Å². The third-order valence-corrected chi connectivity index (χ3v) is 6.95. The predicted molar refractivity (Wildman–Crippen MR) is 128 cm³/mol. The molecular weight excluding hydrogens is 414 g/mol. The monoisotopic (exact) mass is 449 g/mol. The Kier molecular flexibility index (Phi) is 7.65. The highest BCUT2D eigenvalue weighted by Crippen LogP contribution is 2.31. The summed E-state index contributed by atoms with van der Waals surface area (Å²) in [5.41, 5.74) is 7.89. The number of fused-ring (bicyclic) bond motifs is 2. The fraction of sp³-hybridized carbons (Fsp3) is 0.481. The third kappa shape index (κ3) is 6.35. The summed E-state index contributed by atoms with van der Waals surface area (Å²) in [5.74, 6) is 0.681. The third-order valence-electron chi connectivity index (χ3n) is 6.95. The van der Waals surface area contributed by atoms with Gasteiger partial charge in [-0.3, -0.25) is 9.69 Å². The van der Waals surface area contributed by atoms with E-state index in [1.807, 2.05) is 36.1 Å². The first-order chi connectivity index (χ1) is 16.0. The maximum atomic E-state index is 13.5. The molecule has 2 aromatic rings. The number of nitrogens with zero attached hydrogens (tertiary/aromatic N) is 2. The van der Waals surface area contributed by atoms with E-state index in [-0.39, 0.29) is 11.8 Å². The van der Waals surface area contributed by atoms with Crippen LogP contribution in [0.2, 0.25) is 0 Å². The Balaban J connectivity index is 1.36. The molecule has 176 valence electrons. The Morgan fingerprint density at radius 2 is 1.52 bits per heavy atom. The summed E-state index contributed by atoms with van der Waals surface area (Å²) < 4.78 is 5.38. The van der Waals surface area contributed by atoms with E-state index in [4.69, 9.17) is 10.5 Å². The van der Waals surface area contributed by atoms with E-state index in [0.717, 1.165) is 38.9 Å². The van der Waals surface area contributed by atoms with E-state index >= 15 is 0 Å². The van der Waals surface area contributed by atoms with Crippen LogP contribution in [-0.2, 0) is 22.5 Å². The largest absolute Gasteiger partial charge is 0.436 e. The molecule has 2 heterocycles. The van der Waals surface area contributed by atoms with Gasteiger partial charge in [-0.05, 0) is 42.2 Å².